The average molecular weight is 176 g/mol. The molecule has 1 aromatic rings. The Morgan fingerprint density at radius 2 is 2.31 bits per heavy atom. The third-order valence-electron chi connectivity index (χ3n) is 3.31. The van der Waals surface area contributed by atoms with Gasteiger partial charge in [-0.15, -0.1) is 0 Å². The van der Waals surface area contributed by atoms with Crippen LogP contribution in [0, 0.1) is 6.92 Å². The molecule has 70 valence electrons. The zero-order valence-electron chi connectivity index (χ0n) is 8.09. The van der Waals surface area contributed by atoms with Gasteiger partial charge in [-0.1, -0.05) is 6.42 Å². The smallest absolute Gasteiger partial charge is 0.0308 e. The van der Waals surface area contributed by atoms with Gasteiger partial charge in [-0.05, 0) is 37.0 Å². The fraction of sp³-hybridized carbons (Fsp3) is 0.545. The van der Waals surface area contributed by atoms with Gasteiger partial charge in [-0.3, -0.25) is 4.98 Å². The van der Waals surface area contributed by atoms with E-state index in [1.165, 1.54) is 30.4 Å². The van der Waals surface area contributed by atoms with Crippen LogP contribution in [0.3, 0.4) is 0 Å². The summed E-state index contributed by atoms with van der Waals surface area (Å²) < 4.78 is 0. The second-order valence-electron chi connectivity index (χ2n) is 4.03. The number of nitrogens with two attached hydrogens (primary N) is 1. The Morgan fingerprint density at radius 1 is 1.54 bits per heavy atom. The molecule has 1 fully saturated rings. The van der Waals surface area contributed by atoms with Crippen molar-refractivity contribution in [3.63, 3.8) is 0 Å². The van der Waals surface area contributed by atoms with Crippen LogP contribution in [-0.2, 0) is 5.41 Å². The van der Waals surface area contributed by atoms with E-state index < -0.39 is 0 Å². The number of aryl methyl sites for hydroxylation is 1. The summed E-state index contributed by atoms with van der Waals surface area (Å²) in [6.07, 6.45) is 7.61. The normalized spacial score (nSPS) is 19.5. The second-order valence-corrected chi connectivity index (χ2v) is 4.03. The first-order chi connectivity index (χ1) is 6.28. The summed E-state index contributed by atoms with van der Waals surface area (Å²) in [4.78, 5) is 4.19. The number of rotatable bonds is 2. The van der Waals surface area contributed by atoms with Crippen molar-refractivity contribution in [2.75, 3.05) is 6.54 Å². The van der Waals surface area contributed by atoms with E-state index in [2.05, 4.69) is 18.0 Å². The molecular formula is C11H16N2. The number of hydrogen-bond donors (Lipinski definition) is 1. The SMILES string of the molecule is Cc1ccncc1C1(CN)CCC1. The fourth-order valence-electron chi connectivity index (χ4n) is 2.21. The van der Waals surface area contributed by atoms with Crippen LogP contribution in [0.15, 0.2) is 18.5 Å². The molecule has 0 spiro atoms. The fourth-order valence-corrected chi connectivity index (χ4v) is 2.21. The van der Waals surface area contributed by atoms with Gasteiger partial charge in [0.1, 0.15) is 0 Å². The molecular weight excluding hydrogens is 160 g/mol. The van der Waals surface area contributed by atoms with Crippen LogP contribution >= 0.6 is 0 Å². The van der Waals surface area contributed by atoms with E-state index in [1.54, 1.807) is 0 Å². The lowest BCUT2D eigenvalue weighted by atomic mass is 9.64. The van der Waals surface area contributed by atoms with Crippen LogP contribution in [-0.4, -0.2) is 11.5 Å². The largest absolute Gasteiger partial charge is 0.330 e. The summed E-state index contributed by atoms with van der Waals surface area (Å²) in [5.74, 6) is 0. The molecule has 1 aromatic heterocycles. The molecule has 1 heterocycles. The van der Waals surface area contributed by atoms with Gasteiger partial charge in [0, 0.05) is 24.4 Å². The topological polar surface area (TPSA) is 38.9 Å². The highest BCUT2D eigenvalue weighted by Gasteiger charge is 2.38. The summed E-state index contributed by atoms with van der Waals surface area (Å²) in [5, 5.41) is 0. The van der Waals surface area contributed by atoms with E-state index in [4.69, 9.17) is 5.73 Å². The van der Waals surface area contributed by atoms with Crippen molar-refractivity contribution in [1.82, 2.24) is 4.98 Å². The van der Waals surface area contributed by atoms with Crippen molar-refractivity contribution in [3.05, 3.63) is 29.6 Å². The van der Waals surface area contributed by atoms with E-state index in [1.807, 2.05) is 12.4 Å². The zero-order chi connectivity index (χ0) is 9.31. The van der Waals surface area contributed by atoms with Crippen molar-refractivity contribution in [3.8, 4) is 0 Å². The first-order valence-electron chi connectivity index (χ1n) is 4.90. The Labute approximate surface area is 79.2 Å². The zero-order valence-corrected chi connectivity index (χ0v) is 8.09. The maximum atomic E-state index is 5.84. The molecule has 2 heteroatoms. The molecule has 0 atom stereocenters. The number of aromatic nitrogens is 1. The van der Waals surface area contributed by atoms with E-state index in [-0.39, 0.29) is 5.41 Å². The Morgan fingerprint density at radius 3 is 2.77 bits per heavy atom. The lowest BCUT2D eigenvalue weighted by Gasteiger charge is -2.42. The summed E-state index contributed by atoms with van der Waals surface area (Å²) in [5.41, 5.74) is 8.80. The lowest BCUT2D eigenvalue weighted by Crippen LogP contribution is -2.42. The molecule has 0 radical (unpaired) electrons. The standard InChI is InChI=1S/C11H16N2/c1-9-3-6-13-7-10(9)11(8-12)4-2-5-11/h3,6-7H,2,4-5,8,12H2,1H3. The summed E-state index contributed by atoms with van der Waals surface area (Å²) in [6, 6.07) is 2.07. The van der Waals surface area contributed by atoms with Crippen molar-refractivity contribution in [1.29, 1.82) is 0 Å². The summed E-state index contributed by atoms with van der Waals surface area (Å²) in [6.45, 7) is 2.91. The van der Waals surface area contributed by atoms with Gasteiger partial charge in [-0.2, -0.15) is 0 Å². The van der Waals surface area contributed by atoms with Crippen molar-refractivity contribution in [2.45, 2.75) is 31.6 Å². The minimum atomic E-state index is 0.262. The van der Waals surface area contributed by atoms with Gasteiger partial charge in [-0.25, -0.2) is 0 Å². The van der Waals surface area contributed by atoms with Crippen LogP contribution in [0.5, 0.6) is 0 Å². The van der Waals surface area contributed by atoms with E-state index >= 15 is 0 Å². The minimum absolute atomic E-state index is 0.262. The van der Waals surface area contributed by atoms with Gasteiger partial charge in [0.15, 0.2) is 0 Å². The predicted molar refractivity (Wildman–Crippen MR) is 53.6 cm³/mol. The first kappa shape index (κ1) is 8.70. The van der Waals surface area contributed by atoms with E-state index in [0.717, 1.165) is 6.54 Å². The molecule has 1 aliphatic carbocycles. The summed E-state index contributed by atoms with van der Waals surface area (Å²) >= 11 is 0. The molecule has 2 rings (SSSR count). The van der Waals surface area contributed by atoms with Crippen molar-refractivity contribution >= 4 is 0 Å². The lowest BCUT2D eigenvalue weighted by molar-refractivity contribution is 0.251. The van der Waals surface area contributed by atoms with Gasteiger partial charge in [0.25, 0.3) is 0 Å². The second kappa shape index (κ2) is 3.11. The van der Waals surface area contributed by atoms with Crippen LogP contribution in [0.2, 0.25) is 0 Å². The number of pyridine rings is 1. The van der Waals surface area contributed by atoms with E-state index in [9.17, 15) is 0 Å². The molecule has 13 heavy (non-hydrogen) atoms. The quantitative estimate of drug-likeness (QED) is 0.746. The Kier molecular flexibility index (Phi) is 2.08. The first-order valence-corrected chi connectivity index (χ1v) is 4.90. The molecule has 0 unspecified atom stereocenters. The van der Waals surface area contributed by atoms with Gasteiger partial charge in [0.05, 0.1) is 0 Å². The number of nitrogens with zero attached hydrogens (tertiary/aromatic N) is 1. The molecule has 0 aliphatic heterocycles. The van der Waals surface area contributed by atoms with Crippen LogP contribution in [0.1, 0.15) is 30.4 Å². The average Bonchev–Trinajstić information content (AvgIpc) is 2.07. The molecule has 0 saturated heterocycles. The maximum absolute atomic E-state index is 5.84. The molecule has 1 aliphatic rings. The summed E-state index contributed by atoms with van der Waals surface area (Å²) in [7, 11) is 0. The molecule has 2 N–H and O–H groups in total. The predicted octanol–water partition coefficient (Wildman–Crippen LogP) is 1.77. The molecule has 1 saturated carbocycles. The number of hydrogen-bond acceptors (Lipinski definition) is 2. The highest BCUT2D eigenvalue weighted by molar-refractivity contribution is 5.33. The van der Waals surface area contributed by atoms with Crippen molar-refractivity contribution in [2.24, 2.45) is 5.73 Å². The van der Waals surface area contributed by atoms with Gasteiger partial charge >= 0.3 is 0 Å². The van der Waals surface area contributed by atoms with Gasteiger partial charge in [0.2, 0.25) is 0 Å². The highest BCUT2D eigenvalue weighted by atomic mass is 14.7. The molecule has 2 nitrogen and oxygen atoms in total. The highest BCUT2D eigenvalue weighted by Crippen LogP contribution is 2.43. The third-order valence-corrected chi connectivity index (χ3v) is 3.31. The van der Waals surface area contributed by atoms with Crippen LogP contribution in [0.25, 0.3) is 0 Å². The van der Waals surface area contributed by atoms with Crippen LogP contribution < -0.4 is 5.73 Å². The van der Waals surface area contributed by atoms with Crippen LogP contribution in [0.4, 0.5) is 0 Å². The Bertz CT molecular complexity index is 297. The minimum Gasteiger partial charge on any atom is -0.330 e. The Hall–Kier alpha value is -0.890. The van der Waals surface area contributed by atoms with E-state index in [0.29, 0.717) is 0 Å². The molecule has 0 bridgehead atoms. The van der Waals surface area contributed by atoms with Crippen molar-refractivity contribution < 1.29 is 0 Å². The monoisotopic (exact) mass is 176 g/mol. The maximum Gasteiger partial charge on any atom is 0.0308 e. The third kappa shape index (κ3) is 1.25. The molecule has 0 aromatic carbocycles. The Balaban J connectivity index is 2.38. The van der Waals surface area contributed by atoms with Gasteiger partial charge < -0.3 is 5.73 Å². The molecule has 0 amide bonds.